The van der Waals surface area contributed by atoms with E-state index in [0.717, 1.165) is 6.07 Å². The number of nitrogens with zero attached hydrogens (tertiary/aromatic N) is 1. The maximum Gasteiger partial charge on any atom is 0.253 e. The molecule has 0 aliphatic heterocycles. The van der Waals surface area contributed by atoms with Crippen LogP contribution in [0.2, 0.25) is 5.15 Å². The van der Waals surface area contributed by atoms with Gasteiger partial charge >= 0.3 is 0 Å². The molecule has 0 bridgehead atoms. The average molecular weight is 197 g/mol. The van der Waals surface area contributed by atoms with Crippen LogP contribution in [0, 0.1) is 0 Å². The van der Waals surface area contributed by atoms with E-state index in [1.807, 2.05) is 0 Å². The number of hydrogen-bond acceptors (Lipinski definition) is 3. The van der Waals surface area contributed by atoms with Crippen LogP contribution in [0.15, 0.2) is 23.0 Å². The summed E-state index contributed by atoms with van der Waals surface area (Å²) in [6.07, 6.45) is 0. The van der Waals surface area contributed by atoms with E-state index in [9.17, 15) is 9.90 Å². The first kappa shape index (κ1) is 8.07. The van der Waals surface area contributed by atoms with Gasteiger partial charge in [-0.3, -0.25) is 4.79 Å². The average Bonchev–Trinajstić information content (AvgIpc) is 2.02. The van der Waals surface area contributed by atoms with Gasteiger partial charge in [-0.2, -0.15) is 0 Å². The largest absolute Gasteiger partial charge is 0.507 e. The number of aromatic nitrogens is 2. The Morgan fingerprint density at radius 1 is 1.46 bits per heavy atom. The Kier molecular flexibility index (Phi) is 1.70. The molecule has 0 fully saturated rings. The molecule has 2 N–H and O–H groups in total. The quantitative estimate of drug-likeness (QED) is 0.624. The van der Waals surface area contributed by atoms with Gasteiger partial charge in [0.15, 0.2) is 0 Å². The molecular weight excluding hydrogens is 192 g/mol. The smallest absolute Gasteiger partial charge is 0.253 e. The minimum absolute atomic E-state index is 0.0945. The summed E-state index contributed by atoms with van der Waals surface area (Å²) in [5, 5.41) is 10.1. The molecule has 2 aromatic rings. The predicted molar refractivity (Wildman–Crippen MR) is 49.0 cm³/mol. The maximum absolute atomic E-state index is 10.9. The number of aromatic amines is 1. The number of halogens is 1. The SMILES string of the molecule is O=c1cc(O)c2ccc(Cl)nc2[nH]1. The first-order valence-electron chi connectivity index (χ1n) is 3.55. The third-order valence-electron chi connectivity index (χ3n) is 1.65. The number of fused-ring (bicyclic) bond motifs is 1. The van der Waals surface area contributed by atoms with Crippen molar-refractivity contribution in [1.29, 1.82) is 0 Å². The van der Waals surface area contributed by atoms with Gasteiger partial charge in [0.1, 0.15) is 16.5 Å². The van der Waals surface area contributed by atoms with Crippen LogP contribution in [-0.2, 0) is 0 Å². The summed E-state index contributed by atoms with van der Waals surface area (Å²) in [7, 11) is 0. The maximum atomic E-state index is 10.9. The van der Waals surface area contributed by atoms with Gasteiger partial charge in [-0.25, -0.2) is 4.98 Å². The molecule has 0 amide bonds. The van der Waals surface area contributed by atoms with Gasteiger partial charge in [-0.15, -0.1) is 0 Å². The van der Waals surface area contributed by atoms with E-state index in [1.165, 1.54) is 0 Å². The molecule has 2 heterocycles. The van der Waals surface area contributed by atoms with Crippen molar-refractivity contribution in [2.45, 2.75) is 0 Å². The van der Waals surface area contributed by atoms with Crippen molar-refractivity contribution in [2.24, 2.45) is 0 Å². The standard InChI is InChI=1S/C8H5ClN2O2/c9-6-2-1-4-5(12)3-7(13)11-8(4)10-6/h1-3H,(H2,10,11,12,13). The summed E-state index contributed by atoms with van der Waals surface area (Å²) in [4.78, 5) is 17.2. The summed E-state index contributed by atoms with van der Waals surface area (Å²) in [5.41, 5.74) is -0.114. The van der Waals surface area contributed by atoms with Gasteiger partial charge < -0.3 is 10.1 Å². The highest BCUT2D eigenvalue weighted by Gasteiger charge is 2.02. The second-order valence-corrected chi connectivity index (χ2v) is 2.94. The first-order valence-corrected chi connectivity index (χ1v) is 3.93. The van der Waals surface area contributed by atoms with Crippen LogP contribution in [0.4, 0.5) is 0 Å². The van der Waals surface area contributed by atoms with E-state index < -0.39 is 5.56 Å². The molecular formula is C8H5ClN2O2. The normalized spacial score (nSPS) is 10.5. The molecule has 0 aliphatic carbocycles. The lowest BCUT2D eigenvalue weighted by molar-refractivity contribution is 0.480. The molecule has 0 saturated heterocycles. The fourth-order valence-electron chi connectivity index (χ4n) is 1.09. The van der Waals surface area contributed by atoms with E-state index >= 15 is 0 Å². The van der Waals surface area contributed by atoms with Crippen LogP contribution in [0.25, 0.3) is 11.0 Å². The zero-order chi connectivity index (χ0) is 9.42. The number of aromatic hydroxyl groups is 1. The molecule has 0 atom stereocenters. The van der Waals surface area contributed by atoms with E-state index in [4.69, 9.17) is 11.6 Å². The third kappa shape index (κ3) is 1.36. The lowest BCUT2D eigenvalue weighted by atomic mass is 10.3. The van der Waals surface area contributed by atoms with Crippen molar-refractivity contribution in [1.82, 2.24) is 9.97 Å². The summed E-state index contributed by atoms with van der Waals surface area (Å²) in [6.45, 7) is 0. The topological polar surface area (TPSA) is 66.0 Å². The highest BCUT2D eigenvalue weighted by atomic mass is 35.5. The molecule has 13 heavy (non-hydrogen) atoms. The molecule has 0 radical (unpaired) electrons. The Labute approximate surface area is 77.8 Å². The number of nitrogens with one attached hydrogen (secondary N) is 1. The van der Waals surface area contributed by atoms with E-state index in [1.54, 1.807) is 12.1 Å². The van der Waals surface area contributed by atoms with Crippen molar-refractivity contribution in [3.8, 4) is 5.75 Å². The number of hydrogen-bond donors (Lipinski definition) is 2. The van der Waals surface area contributed by atoms with Crippen molar-refractivity contribution in [3.05, 3.63) is 33.7 Å². The minimum Gasteiger partial charge on any atom is -0.507 e. The second-order valence-electron chi connectivity index (χ2n) is 2.55. The van der Waals surface area contributed by atoms with Crippen LogP contribution in [0.1, 0.15) is 0 Å². The number of rotatable bonds is 0. The molecule has 0 unspecified atom stereocenters. The van der Waals surface area contributed by atoms with Gasteiger partial charge in [-0.1, -0.05) is 11.6 Å². The summed E-state index contributed by atoms with van der Waals surface area (Å²) in [6, 6.07) is 4.23. The van der Waals surface area contributed by atoms with Crippen molar-refractivity contribution >= 4 is 22.6 Å². The van der Waals surface area contributed by atoms with E-state index in [0.29, 0.717) is 5.39 Å². The lowest BCUT2D eigenvalue weighted by Gasteiger charge is -1.98. The Balaban J connectivity index is 2.94. The molecule has 0 aromatic carbocycles. The highest BCUT2D eigenvalue weighted by molar-refractivity contribution is 6.29. The molecule has 2 aromatic heterocycles. The van der Waals surface area contributed by atoms with Gasteiger partial charge in [0, 0.05) is 6.07 Å². The van der Waals surface area contributed by atoms with Gasteiger partial charge in [-0.05, 0) is 12.1 Å². The van der Waals surface area contributed by atoms with E-state index in [-0.39, 0.29) is 16.5 Å². The molecule has 5 heteroatoms. The minimum atomic E-state index is -0.403. The van der Waals surface area contributed by atoms with Crippen LogP contribution in [0.3, 0.4) is 0 Å². The highest BCUT2D eigenvalue weighted by Crippen LogP contribution is 2.20. The lowest BCUT2D eigenvalue weighted by Crippen LogP contribution is -2.03. The molecule has 0 aliphatic rings. The number of pyridine rings is 2. The predicted octanol–water partition coefficient (Wildman–Crippen LogP) is 1.28. The molecule has 0 spiro atoms. The van der Waals surface area contributed by atoms with Crippen molar-refractivity contribution in [3.63, 3.8) is 0 Å². The number of H-pyrrole nitrogens is 1. The fourth-order valence-corrected chi connectivity index (χ4v) is 1.24. The Morgan fingerprint density at radius 3 is 3.00 bits per heavy atom. The third-order valence-corrected chi connectivity index (χ3v) is 1.86. The zero-order valence-corrected chi connectivity index (χ0v) is 7.17. The second kappa shape index (κ2) is 2.74. The fraction of sp³-hybridized carbons (Fsp3) is 0. The van der Waals surface area contributed by atoms with Crippen molar-refractivity contribution < 1.29 is 5.11 Å². The van der Waals surface area contributed by atoms with Gasteiger partial charge in [0.25, 0.3) is 5.56 Å². The summed E-state index contributed by atoms with van der Waals surface area (Å²) in [5.74, 6) is -0.0945. The zero-order valence-electron chi connectivity index (χ0n) is 6.41. The molecule has 4 nitrogen and oxygen atoms in total. The van der Waals surface area contributed by atoms with Crippen LogP contribution < -0.4 is 5.56 Å². The molecule has 66 valence electrons. The summed E-state index contributed by atoms with van der Waals surface area (Å²) < 4.78 is 0. The van der Waals surface area contributed by atoms with Crippen LogP contribution in [0.5, 0.6) is 5.75 Å². The van der Waals surface area contributed by atoms with Crippen LogP contribution in [-0.4, -0.2) is 15.1 Å². The van der Waals surface area contributed by atoms with Crippen molar-refractivity contribution in [2.75, 3.05) is 0 Å². The monoisotopic (exact) mass is 196 g/mol. The Bertz CT molecular complexity index is 521. The molecule has 0 saturated carbocycles. The Morgan fingerprint density at radius 2 is 2.23 bits per heavy atom. The van der Waals surface area contributed by atoms with Gasteiger partial charge in [0.2, 0.25) is 0 Å². The van der Waals surface area contributed by atoms with Gasteiger partial charge in [0.05, 0.1) is 5.39 Å². The summed E-state index contributed by atoms with van der Waals surface area (Å²) >= 11 is 5.61. The molecule has 2 rings (SSSR count). The van der Waals surface area contributed by atoms with Crippen LogP contribution >= 0.6 is 11.6 Å². The first-order chi connectivity index (χ1) is 6.16. The van der Waals surface area contributed by atoms with E-state index in [2.05, 4.69) is 9.97 Å². The Hall–Kier alpha value is -1.55.